The minimum absolute atomic E-state index is 0.0818. The Morgan fingerprint density at radius 1 is 1.59 bits per heavy atom. The van der Waals surface area contributed by atoms with Crippen LogP contribution in [0.3, 0.4) is 0 Å². The van der Waals surface area contributed by atoms with E-state index in [0.717, 1.165) is 25.1 Å². The highest BCUT2D eigenvalue weighted by atomic mass is 35.5. The molecule has 0 saturated carbocycles. The lowest BCUT2D eigenvalue weighted by atomic mass is 10.0. The third-order valence-electron chi connectivity index (χ3n) is 2.73. The van der Waals surface area contributed by atoms with Crippen LogP contribution in [0, 0.1) is 5.92 Å². The van der Waals surface area contributed by atoms with Gasteiger partial charge in [0.2, 0.25) is 0 Å². The SMILES string of the molecule is CCCn1ncc(Cl)c1C(N)CC(C)COC. The molecule has 1 aromatic rings. The van der Waals surface area contributed by atoms with Gasteiger partial charge in [-0.2, -0.15) is 5.10 Å². The highest BCUT2D eigenvalue weighted by molar-refractivity contribution is 6.31. The molecule has 1 heterocycles. The topological polar surface area (TPSA) is 53.1 Å². The van der Waals surface area contributed by atoms with Gasteiger partial charge in [-0.25, -0.2) is 0 Å². The van der Waals surface area contributed by atoms with Gasteiger partial charge in [0.1, 0.15) is 0 Å². The molecule has 4 nitrogen and oxygen atoms in total. The van der Waals surface area contributed by atoms with Crippen molar-refractivity contribution < 1.29 is 4.74 Å². The zero-order chi connectivity index (χ0) is 12.8. The third-order valence-corrected chi connectivity index (χ3v) is 3.02. The van der Waals surface area contributed by atoms with Crippen molar-refractivity contribution in [3.8, 4) is 0 Å². The van der Waals surface area contributed by atoms with Gasteiger partial charge in [0.25, 0.3) is 0 Å². The molecule has 2 N–H and O–H groups in total. The van der Waals surface area contributed by atoms with E-state index in [9.17, 15) is 0 Å². The summed E-state index contributed by atoms with van der Waals surface area (Å²) >= 11 is 6.14. The normalized spacial score (nSPS) is 14.9. The first-order valence-electron chi connectivity index (χ1n) is 6.05. The summed E-state index contributed by atoms with van der Waals surface area (Å²) in [4.78, 5) is 0. The predicted octanol–water partition coefficient (Wildman–Crippen LogP) is 2.62. The molecule has 0 aliphatic rings. The second kappa shape index (κ2) is 6.99. The second-order valence-corrected chi connectivity index (χ2v) is 4.91. The van der Waals surface area contributed by atoms with Crippen LogP contribution in [0.1, 0.15) is 38.4 Å². The Kier molecular flexibility index (Phi) is 5.95. The van der Waals surface area contributed by atoms with E-state index in [2.05, 4.69) is 18.9 Å². The fraction of sp³-hybridized carbons (Fsp3) is 0.750. The molecule has 98 valence electrons. The fourth-order valence-corrected chi connectivity index (χ4v) is 2.31. The molecule has 1 rings (SSSR count). The van der Waals surface area contributed by atoms with Crippen molar-refractivity contribution in [2.75, 3.05) is 13.7 Å². The zero-order valence-corrected chi connectivity index (χ0v) is 11.6. The summed E-state index contributed by atoms with van der Waals surface area (Å²) in [5, 5.41) is 4.92. The van der Waals surface area contributed by atoms with Crippen molar-refractivity contribution in [2.45, 2.75) is 39.3 Å². The second-order valence-electron chi connectivity index (χ2n) is 4.50. The fourth-order valence-electron chi connectivity index (χ4n) is 2.03. The lowest BCUT2D eigenvalue weighted by molar-refractivity contribution is 0.151. The quantitative estimate of drug-likeness (QED) is 0.819. The monoisotopic (exact) mass is 259 g/mol. The van der Waals surface area contributed by atoms with E-state index >= 15 is 0 Å². The van der Waals surface area contributed by atoms with Crippen molar-refractivity contribution in [3.05, 3.63) is 16.9 Å². The first-order chi connectivity index (χ1) is 8.10. The van der Waals surface area contributed by atoms with E-state index in [-0.39, 0.29) is 6.04 Å². The molecule has 0 aliphatic heterocycles. The molecule has 0 amide bonds. The van der Waals surface area contributed by atoms with Crippen LogP contribution in [0.25, 0.3) is 0 Å². The summed E-state index contributed by atoms with van der Waals surface area (Å²) in [6.45, 7) is 5.80. The Bertz CT molecular complexity index is 340. The number of aryl methyl sites for hydroxylation is 1. The maximum atomic E-state index is 6.20. The van der Waals surface area contributed by atoms with Crippen LogP contribution in [0.2, 0.25) is 5.02 Å². The highest BCUT2D eigenvalue weighted by Crippen LogP contribution is 2.26. The van der Waals surface area contributed by atoms with E-state index in [4.69, 9.17) is 22.1 Å². The van der Waals surface area contributed by atoms with Crippen LogP contribution in [-0.2, 0) is 11.3 Å². The Labute approximate surface area is 108 Å². The molecule has 0 radical (unpaired) electrons. The maximum Gasteiger partial charge on any atom is 0.0834 e. The van der Waals surface area contributed by atoms with Crippen LogP contribution in [0.5, 0.6) is 0 Å². The number of ether oxygens (including phenoxy) is 1. The Balaban J connectivity index is 2.73. The number of halogens is 1. The molecule has 0 aromatic carbocycles. The molecule has 0 spiro atoms. The number of nitrogens with two attached hydrogens (primary N) is 1. The summed E-state index contributed by atoms with van der Waals surface area (Å²) in [6, 6.07) is -0.0818. The van der Waals surface area contributed by atoms with E-state index in [1.165, 1.54) is 0 Å². The van der Waals surface area contributed by atoms with Gasteiger partial charge in [-0.15, -0.1) is 0 Å². The molecule has 17 heavy (non-hydrogen) atoms. The third kappa shape index (κ3) is 3.98. The Morgan fingerprint density at radius 2 is 2.29 bits per heavy atom. The molecule has 0 aliphatic carbocycles. The van der Waals surface area contributed by atoms with Gasteiger partial charge in [-0.1, -0.05) is 25.4 Å². The van der Waals surface area contributed by atoms with E-state index < -0.39 is 0 Å². The summed E-state index contributed by atoms with van der Waals surface area (Å²) in [6.07, 6.45) is 3.54. The Hall–Kier alpha value is -0.580. The molecule has 2 atom stereocenters. The van der Waals surface area contributed by atoms with Gasteiger partial charge in [0.05, 0.1) is 16.9 Å². The van der Waals surface area contributed by atoms with Crippen molar-refractivity contribution >= 4 is 11.6 Å². The number of aromatic nitrogens is 2. The minimum atomic E-state index is -0.0818. The molecular formula is C12H22ClN3O. The summed E-state index contributed by atoms with van der Waals surface area (Å²) < 4.78 is 7.03. The first kappa shape index (κ1) is 14.5. The van der Waals surface area contributed by atoms with Gasteiger partial charge in [-0.3, -0.25) is 4.68 Å². The van der Waals surface area contributed by atoms with Gasteiger partial charge in [0.15, 0.2) is 0 Å². The van der Waals surface area contributed by atoms with Crippen molar-refractivity contribution in [3.63, 3.8) is 0 Å². The average Bonchev–Trinajstić information content (AvgIpc) is 2.60. The Morgan fingerprint density at radius 3 is 2.88 bits per heavy atom. The molecule has 5 heteroatoms. The van der Waals surface area contributed by atoms with Crippen molar-refractivity contribution in [2.24, 2.45) is 11.7 Å². The molecular weight excluding hydrogens is 238 g/mol. The average molecular weight is 260 g/mol. The van der Waals surface area contributed by atoms with Crippen LogP contribution in [0.4, 0.5) is 0 Å². The molecule has 0 fully saturated rings. The standard InChI is InChI=1S/C12H22ClN3O/c1-4-5-16-12(10(13)7-15-16)11(14)6-9(2)8-17-3/h7,9,11H,4-6,8,14H2,1-3H3. The summed E-state index contributed by atoms with van der Waals surface area (Å²) in [5.41, 5.74) is 7.14. The minimum Gasteiger partial charge on any atom is -0.384 e. The van der Waals surface area contributed by atoms with Crippen LogP contribution >= 0.6 is 11.6 Å². The number of rotatable bonds is 7. The molecule has 0 bridgehead atoms. The smallest absolute Gasteiger partial charge is 0.0834 e. The van der Waals surface area contributed by atoms with Gasteiger partial charge in [-0.05, 0) is 18.8 Å². The molecule has 2 unspecified atom stereocenters. The van der Waals surface area contributed by atoms with Gasteiger partial charge < -0.3 is 10.5 Å². The van der Waals surface area contributed by atoms with E-state index in [1.54, 1.807) is 13.3 Å². The van der Waals surface area contributed by atoms with E-state index in [0.29, 0.717) is 17.5 Å². The zero-order valence-electron chi connectivity index (χ0n) is 10.8. The largest absolute Gasteiger partial charge is 0.384 e. The van der Waals surface area contributed by atoms with E-state index in [1.807, 2.05) is 4.68 Å². The van der Waals surface area contributed by atoms with Gasteiger partial charge in [0, 0.05) is 26.3 Å². The number of hydrogen-bond donors (Lipinski definition) is 1. The molecule has 1 aromatic heterocycles. The summed E-state index contributed by atoms with van der Waals surface area (Å²) in [7, 11) is 1.70. The van der Waals surface area contributed by atoms with Crippen LogP contribution in [-0.4, -0.2) is 23.5 Å². The number of hydrogen-bond acceptors (Lipinski definition) is 3. The van der Waals surface area contributed by atoms with Crippen LogP contribution in [0.15, 0.2) is 6.20 Å². The summed E-state index contributed by atoms with van der Waals surface area (Å²) in [5.74, 6) is 0.413. The lowest BCUT2D eigenvalue weighted by Crippen LogP contribution is -2.20. The first-order valence-corrected chi connectivity index (χ1v) is 6.43. The van der Waals surface area contributed by atoms with Gasteiger partial charge >= 0.3 is 0 Å². The van der Waals surface area contributed by atoms with Crippen LogP contribution < -0.4 is 5.73 Å². The maximum absolute atomic E-state index is 6.20. The number of methoxy groups -OCH3 is 1. The molecule has 0 saturated heterocycles. The van der Waals surface area contributed by atoms with Crippen molar-refractivity contribution in [1.29, 1.82) is 0 Å². The predicted molar refractivity (Wildman–Crippen MR) is 70.1 cm³/mol. The van der Waals surface area contributed by atoms with Crippen molar-refractivity contribution in [1.82, 2.24) is 9.78 Å². The lowest BCUT2D eigenvalue weighted by Gasteiger charge is -2.18. The number of nitrogens with zero attached hydrogens (tertiary/aromatic N) is 2. The highest BCUT2D eigenvalue weighted by Gasteiger charge is 2.18.